The van der Waals surface area contributed by atoms with Crippen molar-refractivity contribution in [3.63, 3.8) is 0 Å². The van der Waals surface area contributed by atoms with Crippen LogP contribution < -0.4 is 5.56 Å². The van der Waals surface area contributed by atoms with Gasteiger partial charge < -0.3 is 14.9 Å². The van der Waals surface area contributed by atoms with E-state index in [2.05, 4.69) is 10.2 Å². The molecule has 8 nitrogen and oxygen atoms in total. The Morgan fingerprint density at radius 3 is 2.84 bits per heavy atom. The Labute approximate surface area is 145 Å². The molecule has 8 heteroatoms. The quantitative estimate of drug-likeness (QED) is 0.749. The molecule has 2 fully saturated rings. The summed E-state index contributed by atoms with van der Waals surface area (Å²) in [5.41, 5.74) is -0.0659. The summed E-state index contributed by atoms with van der Waals surface area (Å²) in [6.45, 7) is 2.08. The molecule has 1 spiro atoms. The van der Waals surface area contributed by atoms with Crippen LogP contribution in [0.25, 0.3) is 0 Å². The van der Waals surface area contributed by atoms with Gasteiger partial charge in [-0.05, 0) is 25.3 Å². The number of piperidine rings is 1. The van der Waals surface area contributed by atoms with Gasteiger partial charge in [0, 0.05) is 45.1 Å². The Hall–Kier alpha value is -2.22. The number of aromatic nitrogens is 2. The lowest BCUT2D eigenvalue weighted by Crippen LogP contribution is -2.51. The van der Waals surface area contributed by atoms with Gasteiger partial charge in [0.1, 0.15) is 0 Å². The molecular weight excluding hydrogens is 324 g/mol. The zero-order valence-corrected chi connectivity index (χ0v) is 14.2. The number of nitrogens with zero attached hydrogens (tertiary/aromatic N) is 3. The first-order valence-corrected chi connectivity index (χ1v) is 8.77. The summed E-state index contributed by atoms with van der Waals surface area (Å²) in [5, 5.41) is 15.4. The lowest BCUT2D eigenvalue weighted by molar-refractivity contribution is -0.146. The number of rotatable bonds is 5. The lowest BCUT2D eigenvalue weighted by Gasteiger charge is -2.39. The fraction of sp³-hybridized carbons (Fsp3) is 0.647. The van der Waals surface area contributed by atoms with Crippen LogP contribution in [0.1, 0.15) is 31.4 Å². The van der Waals surface area contributed by atoms with Crippen LogP contribution in [-0.4, -0.2) is 69.7 Å². The molecule has 3 rings (SSSR count). The number of aliphatic hydroxyl groups is 1. The van der Waals surface area contributed by atoms with Crippen molar-refractivity contribution in [2.45, 2.75) is 32.1 Å². The third kappa shape index (κ3) is 3.73. The molecule has 0 radical (unpaired) electrons. The molecule has 0 aromatic carbocycles. The Balaban J connectivity index is 1.58. The number of aliphatic hydroxyl groups excluding tert-OH is 1. The number of carbonyl (C=O) groups is 2. The van der Waals surface area contributed by atoms with Gasteiger partial charge in [-0.15, -0.1) is 0 Å². The van der Waals surface area contributed by atoms with Crippen molar-refractivity contribution in [1.29, 1.82) is 0 Å². The number of aromatic amines is 1. The fourth-order valence-corrected chi connectivity index (χ4v) is 3.86. The van der Waals surface area contributed by atoms with E-state index in [1.54, 1.807) is 15.9 Å². The first-order chi connectivity index (χ1) is 12.0. The third-order valence-corrected chi connectivity index (χ3v) is 5.23. The van der Waals surface area contributed by atoms with Gasteiger partial charge in [-0.1, -0.05) is 0 Å². The van der Waals surface area contributed by atoms with Crippen LogP contribution in [0.4, 0.5) is 0 Å². The summed E-state index contributed by atoms with van der Waals surface area (Å²) in [6.07, 6.45) is 3.18. The number of amides is 2. The number of H-pyrrole nitrogens is 1. The van der Waals surface area contributed by atoms with E-state index in [4.69, 9.17) is 5.11 Å². The zero-order chi connectivity index (χ0) is 17.9. The van der Waals surface area contributed by atoms with Gasteiger partial charge in [0.05, 0.1) is 17.7 Å². The van der Waals surface area contributed by atoms with Gasteiger partial charge in [0.25, 0.3) is 5.56 Å². The van der Waals surface area contributed by atoms with E-state index < -0.39 is 5.41 Å². The molecule has 1 aromatic rings. The Morgan fingerprint density at radius 2 is 2.12 bits per heavy atom. The maximum absolute atomic E-state index is 12.8. The molecule has 0 saturated carbocycles. The summed E-state index contributed by atoms with van der Waals surface area (Å²) in [7, 11) is 0. The molecule has 25 heavy (non-hydrogen) atoms. The minimum atomic E-state index is -0.473. The van der Waals surface area contributed by atoms with Crippen LogP contribution in [0, 0.1) is 5.41 Å². The number of nitrogens with one attached hydrogen (secondary N) is 1. The summed E-state index contributed by atoms with van der Waals surface area (Å²) in [6, 6.07) is 3.02. The van der Waals surface area contributed by atoms with Crippen molar-refractivity contribution in [1.82, 2.24) is 20.0 Å². The first kappa shape index (κ1) is 17.6. The van der Waals surface area contributed by atoms with E-state index in [9.17, 15) is 14.4 Å². The molecular formula is C17H24N4O4. The lowest BCUT2D eigenvalue weighted by atomic mass is 9.78. The molecule has 0 aliphatic carbocycles. The number of hydrogen-bond acceptors (Lipinski definition) is 5. The maximum Gasteiger partial charge on any atom is 0.264 e. The average molecular weight is 348 g/mol. The van der Waals surface area contributed by atoms with Crippen molar-refractivity contribution in [2.75, 3.05) is 32.8 Å². The zero-order valence-electron chi connectivity index (χ0n) is 14.2. The minimum Gasteiger partial charge on any atom is -0.395 e. The molecule has 2 aliphatic rings. The van der Waals surface area contributed by atoms with E-state index in [1.807, 2.05) is 0 Å². The molecule has 2 N–H and O–H groups in total. The van der Waals surface area contributed by atoms with E-state index in [0.29, 0.717) is 51.1 Å². The molecule has 3 heterocycles. The van der Waals surface area contributed by atoms with Crippen molar-refractivity contribution >= 4 is 11.8 Å². The highest BCUT2D eigenvalue weighted by Crippen LogP contribution is 2.40. The van der Waals surface area contributed by atoms with Crippen LogP contribution >= 0.6 is 0 Å². The number of β-amino-alcohol motifs (C(OH)–C–C–N with tert-alkyl or cyclic N) is 1. The largest absolute Gasteiger partial charge is 0.395 e. The smallest absolute Gasteiger partial charge is 0.264 e. The van der Waals surface area contributed by atoms with E-state index in [-0.39, 0.29) is 24.0 Å². The van der Waals surface area contributed by atoms with E-state index >= 15 is 0 Å². The minimum absolute atomic E-state index is 0.0111. The standard InChI is InChI=1S/C17H24N4O4/c22-11-10-20-8-1-6-17(16(20)25)7-9-21(12-17)15(24)5-3-13-2-4-14(23)19-18-13/h2,4,22H,1,3,5-12H2,(H,19,23)/t17-/m0/s1. The fourth-order valence-electron chi connectivity index (χ4n) is 3.86. The van der Waals surface area contributed by atoms with E-state index in [0.717, 1.165) is 12.8 Å². The van der Waals surface area contributed by atoms with Crippen LogP contribution in [0.5, 0.6) is 0 Å². The highest BCUT2D eigenvalue weighted by atomic mass is 16.3. The number of hydrogen-bond donors (Lipinski definition) is 2. The third-order valence-electron chi connectivity index (χ3n) is 5.23. The molecule has 136 valence electrons. The predicted molar refractivity (Wildman–Crippen MR) is 89.7 cm³/mol. The van der Waals surface area contributed by atoms with Crippen LogP contribution in [0.15, 0.2) is 16.9 Å². The van der Waals surface area contributed by atoms with Gasteiger partial charge in [-0.2, -0.15) is 5.10 Å². The highest BCUT2D eigenvalue weighted by Gasteiger charge is 2.49. The highest BCUT2D eigenvalue weighted by molar-refractivity contribution is 5.86. The van der Waals surface area contributed by atoms with Gasteiger partial charge in [0.15, 0.2) is 0 Å². The number of aryl methyl sites for hydroxylation is 1. The van der Waals surface area contributed by atoms with Gasteiger partial charge in [0.2, 0.25) is 11.8 Å². The van der Waals surface area contributed by atoms with Gasteiger partial charge in [-0.3, -0.25) is 14.4 Å². The summed E-state index contributed by atoms with van der Waals surface area (Å²) < 4.78 is 0. The SMILES string of the molecule is O=C(CCc1ccc(=O)[nH]n1)N1CC[C@@]2(CCCN(CCO)C2=O)C1. The number of likely N-dealkylation sites (tertiary alicyclic amines) is 2. The summed E-state index contributed by atoms with van der Waals surface area (Å²) in [5.74, 6) is 0.0855. The molecule has 1 atom stereocenters. The first-order valence-electron chi connectivity index (χ1n) is 8.77. The van der Waals surface area contributed by atoms with Crippen molar-refractivity contribution in [3.8, 4) is 0 Å². The second-order valence-electron chi connectivity index (χ2n) is 6.88. The van der Waals surface area contributed by atoms with E-state index in [1.165, 1.54) is 6.07 Å². The molecule has 2 aliphatic heterocycles. The average Bonchev–Trinajstić information content (AvgIpc) is 3.04. The molecule has 0 unspecified atom stereocenters. The molecule has 0 bridgehead atoms. The molecule has 2 saturated heterocycles. The topological polar surface area (TPSA) is 107 Å². The predicted octanol–water partition coefficient (Wildman–Crippen LogP) is -0.464. The van der Waals surface area contributed by atoms with Crippen LogP contribution in [0.2, 0.25) is 0 Å². The second kappa shape index (κ2) is 7.35. The molecule has 1 aromatic heterocycles. The van der Waals surface area contributed by atoms with Gasteiger partial charge >= 0.3 is 0 Å². The van der Waals surface area contributed by atoms with Crippen LogP contribution in [-0.2, 0) is 16.0 Å². The Kier molecular flexibility index (Phi) is 5.17. The molecule has 2 amide bonds. The Bertz CT molecular complexity index is 682. The van der Waals surface area contributed by atoms with Crippen LogP contribution in [0.3, 0.4) is 0 Å². The van der Waals surface area contributed by atoms with Crippen molar-refractivity contribution in [3.05, 3.63) is 28.2 Å². The summed E-state index contributed by atoms with van der Waals surface area (Å²) >= 11 is 0. The maximum atomic E-state index is 12.8. The normalized spacial score (nSPS) is 23.5. The van der Waals surface area contributed by atoms with Crippen molar-refractivity contribution < 1.29 is 14.7 Å². The monoisotopic (exact) mass is 348 g/mol. The Morgan fingerprint density at radius 1 is 1.28 bits per heavy atom. The summed E-state index contributed by atoms with van der Waals surface area (Å²) in [4.78, 5) is 39.7. The van der Waals surface area contributed by atoms with Gasteiger partial charge in [-0.25, -0.2) is 5.10 Å². The number of carbonyl (C=O) groups excluding carboxylic acids is 2. The van der Waals surface area contributed by atoms with Crippen molar-refractivity contribution in [2.24, 2.45) is 5.41 Å². The second-order valence-corrected chi connectivity index (χ2v) is 6.88.